The maximum atomic E-state index is 14.6. The number of benzene rings is 2. The molecular weight excluding hydrogens is 409 g/mol. The minimum absolute atomic E-state index is 0.0494. The van der Waals surface area contributed by atoms with Gasteiger partial charge in [0.1, 0.15) is 11.9 Å². The van der Waals surface area contributed by atoms with Gasteiger partial charge in [-0.3, -0.25) is 14.4 Å². The monoisotopic (exact) mass is 437 g/mol. The first kappa shape index (κ1) is 22.0. The molecule has 0 unspecified atom stereocenters. The number of nitrogens with zero attached hydrogens (tertiary/aromatic N) is 2. The van der Waals surface area contributed by atoms with Crippen molar-refractivity contribution in [3.05, 3.63) is 59.9 Å². The average Bonchev–Trinajstić information content (AvgIpc) is 3.41. The lowest BCUT2D eigenvalue weighted by Gasteiger charge is -2.32. The molecule has 168 valence electrons. The second kappa shape index (κ2) is 8.73. The van der Waals surface area contributed by atoms with Crippen LogP contribution in [0, 0.1) is 11.2 Å². The second-order valence-corrected chi connectivity index (χ2v) is 8.96. The van der Waals surface area contributed by atoms with Crippen LogP contribution in [0.1, 0.15) is 24.8 Å². The van der Waals surface area contributed by atoms with Gasteiger partial charge in [0.15, 0.2) is 0 Å². The van der Waals surface area contributed by atoms with Crippen LogP contribution in [0.2, 0.25) is 0 Å². The molecule has 0 aliphatic carbocycles. The van der Waals surface area contributed by atoms with Gasteiger partial charge in [0.25, 0.3) is 0 Å². The predicted octanol–water partition coefficient (Wildman–Crippen LogP) is 2.62. The van der Waals surface area contributed by atoms with Crippen molar-refractivity contribution in [3.8, 4) is 11.1 Å². The van der Waals surface area contributed by atoms with Crippen molar-refractivity contribution in [2.45, 2.75) is 31.7 Å². The number of likely N-dealkylation sites (tertiary alicyclic amines) is 1. The van der Waals surface area contributed by atoms with E-state index in [0.29, 0.717) is 37.8 Å². The number of carbonyl (C=O) groups is 3. The molecule has 0 bridgehead atoms. The third-order valence-corrected chi connectivity index (χ3v) is 6.53. The second-order valence-electron chi connectivity index (χ2n) is 8.96. The molecule has 2 aliphatic rings. The smallest absolute Gasteiger partial charge is 0.245 e. The average molecular weight is 438 g/mol. The molecule has 7 heteroatoms. The Kier molecular flexibility index (Phi) is 6.00. The van der Waals surface area contributed by atoms with Crippen LogP contribution < -0.4 is 5.32 Å². The summed E-state index contributed by atoms with van der Waals surface area (Å²) in [5.41, 5.74) is 1.32. The van der Waals surface area contributed by atoms with Gasteiger partial charge in [0.2, 0.25) is 17.7 Å². The van der Waals surface area contributed by atoms with Gasteiger partial charge in [-0.25, -0.2) is 4.39 Å². The van der Waals surface area contributed by atoms with Gasteiger partial charge in [-0.15, -0.1) is 0 Å². The fourth-order valence-corrected chi connectivity index (χ4v) is 4.93. The Labute approximate surface area is 187 Å². The van der Waals surface area contributed by atoms with Crippen LogP contribution in [-0.2, 0) is 20.8 Å². The van der Waals surface area contributed by atoms with Crippen molar-refractivity contribution in [1.82, 2.24) is 15.1 Å². The Bertz CT molecular complexity index is 1050. The van der Waals surface area contributed by atoms with Crippen molar-refractivity contribution < 1.29 is 18.8 Å². The summed E-state index contributed by atoms with van der Waals surface area (Å²) in [6.45, 7) is 0.730. The quantitative estimate of drug-likeness (QED) is 0.782. The van der Waals surface area contributed by atoms with Gasteiger partial charge in [0, 0.05) is 39.2 Å². The zero-order chi connectivity index (χ0) is 22.9. The highest BCUT2D eigenvalue weighted by Crippen LogP contribution is 2.39. The fourth-order valence-electron chi connectivity index (χ4n) is 4.93. The van der Waals surface area contributed by atoms with Crippen LogP contribution in [-0.4, -0.2) is 60.7 Å². The van der Waals surface area contributed by atoms with Gasteiger partial charge in [-0.1, -0.05) is 42.5 Å². The number of amides is 3. The molecule has 1 N–H and O–H groups in total. The molecule has 2 aromatic carbocycles. The molecule has 3 amide bonds. The topological polar surface area (TPSA) is 69.7 Å². The van der Waals surface area contributed by atoms with Crippen LogP contribution in [0.15, 0.2) is 48.5 Å². The molecule has 2 aromatic rings. The summed E-state index contributed by atoms with van der Waals surface area (Å²) in [7, 11) is 3.43. The van der Waals surface area contributed by atoms with Crippen molar-refractivity contribution >= 4 is 17.7 Å². The standard InChI is InChI=1S/C25H28FN3O3/c1-28(2)24(32)25(13-14-29(16-25)23(31)21-11-12-22(30)27-21)15-17-7-3-4-8-18(17)19-9-5-6-10-20(19)26/h3-10,21H,11-16H2,1-2H3,(H,27,30)/t21-,25-/m0/s1. The number of hydrogen-bond acceptors (Lipinski definition) is 3. The molecular formula is C25H28FN3O3. The highest BCUT2D eigenvalue weighted by molar-refractivity contribution is 5.92. The van der Waals surface area contributed by atoms with Crippen molar-refractivity contribution in [3.63, 3.8) is 0 Å². The number of carbonyl (C=O) groups excluding carboxylic acids is 3. The molecule has 2 heterocycles. The van der Waals surface area contributed by atoms with Gasteiger partial charge in [0.05, 0.1) is 5.41 Å². The summed E-state index contributed by atoms with van der Waals surface area (Å²) >= 11 is 0. The molecule has 2 aliphatic heterocycles. The third-order valence-electron chi connectivity index (χ3n) is 6.53. The number of rotatable bonds is 5. The van der Waals surface area contributed by atoms with E-state index in [9.17, 15) is 18.8 Å². The first-order chi connectivity index (χ1) is 15.3. The summed E-state index contributed by atoms with van der Waals surface area (Å²) in [5, 5.41) is 2.73. The first-order valence-electron chi connectivity index (χ1n) is 10.9. The number of hydrogen-bond donors (Lipinski definition) is 1. The van der Waals surface area contributed by atoms with Gasteiger partial charge >= 0.3 is 0 Å². The van der Waals surface area contributed by atoms with Gasteiger partial charge in [-0.05, 0) is 36.5 Å². The molecule has 0 spiro atoms. The van der Waals surface area contributed by atoms with E-state index in [4.69, 9.17) is 0 Å². The highest BCUT2D eigenvalue weighted by atomic mass is 19.1. The summed E-state index contributed by atoms with van der Waals surface area (Å²) in [6.07, 6.45) is 1.75. The molecule has 0 aromatic heterocycles. The van der Waals surface area contributed by atoms with Crippen molar-refractivity contribution in [2.24, 2.45) is 5.41 Å². The summed E-state index contributed by atoms with van der Waals surface area (Å²) < 4.78 is 14.6. The largest absolute Gasteiger partial charge is 0.348 e. The van der Waals surface area contributed by atoms with Crippen LogP contribution in [0.4, 0.5) is 4.39 Å². The lowest BCUT2D eigenvalue weighted by Crippen LogP contribution is -2.47. The SMILES string of the molecule is CN(C)C(=O)[C@]1(Cc2ccccc2-c2ccccc2F)CCN(C(=O)[C@@H]2CCC(=O)N2)C1. The zero-order valence-electron chi connectivity index (χ0n) is 18.4. The van der Waals surface area contributed by atoms with E-state index in [1.54, 1.807) is 42.1 Å². The molecule has 0 saturated carbocycles. The van der Waals surface area contributed by atoms with E-state index in [1.807, 2.05) is 24.3 Å². The van der Waals surface area contributed by atoms with E-state index < -0.39 is 11.5 Å². The molecule has 2 saturated heterocycles. The molecule has 32 heavy (non-hydrogen) atoms. The van der Waals surface area contributed by atoms with E-state index >= 15 is 0 Å². The Morgan fingerprint density at radius 1 is 1.12 bits per heavy atom. The van der Waals surface area contributed by atoms with E-state index in [-0.39, 0.29) is 30.1 Å². The predicted molar refractivity (Wildman–Crippen MR) is 119 cm³/mol. The fraction of sp³-hybridized carbons (Fsp3) is 0.400. The molecule has 0 radical (unpaired) electrons. The number of nitrogens with one attached hydrogen (secondary N) is 1. The number of halogens is 1. The van der Waals surface area contributed by atoms with Crippen LogP contribution in [0.25, 0.3) is 11.1 Å². The van der Waals surface area contributed by atoms with E-state index in [1.165, 1.54) is 6.07 Å². The van der Waals surface area contributed by atoms with Crippen LogP contribution in [0.3, 0.4) is 0 Å². The Hall–Kier alpha value is -3.22. The minimum Gasteiger partial charge on any atom is -0.348 e. The summed E-state index contributed by atoms with van der Waals surface area (Å²) in [4.78, 5) is 41.2. The Morgan fingerprint density at radius 3 is 2.47 bits per heavy atom. The van der Waals surface area contributed by atoms with E-state index in [0.717, 1.165) is 11.1 Å². The summed E-state index contributed by atoms with van der Waals surface area (Å²) in [5.74, 6) is -0.608. The minimum atomic E-state index is -0.802. The van der Waals surface area contributed by atoms with Gasteiger partial charge < -0.3 is 15.1 Å². The maximum absolute atomic E-state index is 14.6. The molecule has 4 rings (SSSR count). The Morgan fingerprint density at radius 2 is 1.81 bits per heavy atom. The van der Waals surface area contributed by atoms with E-state index in [2.05, 4.69) is 5.32 Å². The zero-order valence-corrected chi connectivity index (χ0v) is 18.4. The van der Waals surface area contributed by atoms with Gasteiger partial charge in [-0.2, -0.15) is 0 Å². The lowest BCUT2D eigenvalue weighted by molar-refractivity contribution is -0.140. The van der Waals surface area contributed by atoms with Crippen molar-refractivity contribution in [2.75, 3.05) is 27.2 Å². The van der Waals surface area contributed by atoms with Crippen molar-refractivity contribution in [1.29, 1.82) is 0 Å². The third kappa shape index (κ3) is 4.11. The summed E-state index contributed by atoms with van der Waals surface area (Å²) in [6, 6.07) is 13.6. The van der Waals surface area contributed by atoms with Crippen LogP contribution in [0.5, 0.6) is 0 Å². The highest BCUT2D eigenvalue weighted by Gasteiger charge is 2.48. The molecule has 6 nitrogen and oxygen atoms in total. The normalized spacial score (nSPS) is 22.7. The maximum Gasteiger partial charge on any atom is 0.245 e. The lowest BCUT2D eigenvalue weighted by atomic mass is 9.77. The molecule has 2 fully saturated rings. The van der Waals surface area contributed by atoms with Crippen LogP contribution >= 0.6 is 0 Å². The Balaban J connectivity index is 1.65. The molecule has 2 atom stereocenters. The first-order valence-corrected chi connectivity index (χ1v) is 10.9.